The molecule has 21 heavy (non-hydrogen) atoms. The van der Waals surface area contributed by atoms with Crippen LogP contribution in [0.1, 0.15) is 52.4 Å². The first-order valence-corrected chi connectivity index (χ1v) is 7.79. The molecule has 1 aliphatic rings. The van der Waals surface area contributed by atoms with Gasteiger partial charge < -0.3 is 5.32 Å². The summed E-state index contributed by atoms with van der Waals surface area (Å²) in [6.45, 7) is 5.58. The van der Waals surface area contributed by atoms with Crippen LogP contribution < -0.4 is 5.32 Å². The van der Waals surface area contributed by atoms with Crippen LogP contribution >= 0.6 is 0 Å². The molecule has 1 aliphatic heterocycles. The van der Waals surface area contributed by atoms with Gasteiger partial charge in [-0.3, -0.25) is 19.3 Å². The molecule has 5 nitrogen and oxygen atoms in total. The lowest BCUT2D eigenvalue weighted by molar-refractivity contribution is -0.137. The van der Waals surface area contributed by atoms with Crippen LogP contribution in [-0.4, -0.2) is 41.6 Å². The molecule has 1 heterocycles. The fourth-order valence-electron chi connectivity index (χ4n) is 2.23. The number of carbonyl (C=O) groups excluding carboxylic acids is 3. The van der Waals surface area contributed by atoms with Crippen LogP contribution in [0, 0.1) is 0 Å². The van der Waals surface area contributed by atoms with Gasteiger partial charge in [0.1, 0.15) is 5.78 Å². The van der Waals surface area contributed by atoms with Crippen molar-refractivity contribution in [3.8, 4) is 0 Å². The summed E-state index contributed by atoms with van der Waals surface area (Å²) in [5.74, 6) is -0.325. The minimum absolute atomic E-state index is 0.221. The van der Waals surface area contributed by atoms with Crippen molar-refractivity contribution >= 4 is 17.6 Å². The Balaban J connectivity index is 1.99. The summed E-state index contributed by atoms with van der Waals surface area (Å²) < 4.78 is 0. The van der Waals surface area contributed by atoms with Gasteiger partial charge >= 0.3 is 0 Å². The molecular weight excluding hydrogens is 268 g/mol. The molecule has 0 aromatic rings. The second-order valence-electron chi connectivity index (χ2n) is 5.72. The van der Waals surface area contributed by atoms with E-state index in [1.54, 1.807) is 0 Å². The fraction of sp³-hybridized carbons (Fsp3) is 0.688. The highest BCUT2D eigenvalue weighted by molar-refractivity contribution is 6.12. The first-order chi connectivity index (χ1) is 10.0. The number of ketones is 1. The molecule has 0 bridgehead atoms. The molecule has 5 heteroatoms. The van der Waals surface area contributed by atoms with Gasteiger partial charge in [-0.15, -0.1) is 0 Å². The standard InChI is InChI=1S/C16H26N2O3/c1-13(2)17-11-5-3-4-7-14(19)8-6-12-18-15(20)9-10-16(18)21/h9-10,13,17H,3-8,11-12H2,1-2H3. The average Bonchev–Trinajstić information content (AvgIpc) is 2.74. The quantitative estimate of drug-likeness (QED) is 0.466. The zero-order valence-electron chi connectivity index (χ0n) is 13.1. The minimum Gasteiger partial charge on any atom is -0.315 e. The van der Waals surface area contributed by atoms with E-state index in [-0.39, 0.29) is 17.6 Å². The maximum Gasteiger partial charge on any atom is 0.253 e. The van der Waals surface area contributed by atoms with Gasteiger partial charge in [-0.2, -0.15) is 0 Å². The van der Waals surface area contributed by atoms with Crippen molar-refractivity contribution in [3.63, 3.8) is 0 Å². The van der Waals surface area contributed by atoms with E-state index in [0.717, 1.165) is 25.8 Å². The summed E-state index contributed by atoms with van der Waals surface area (Å²) in [6, 6.07) is 0.511. The zero-order chi connectivity index (χ0) is 15.7. The summed E-state index contributed by atoms with van der Waals surface area (Å²) in [4.78, 5) is 35.5. The van der Waals surface area contributed by atoms with E-state index in [1.807, 2.05) is 0 Å². The van der Waals surface area contributed by atoms with Crippen molar-refractivity contribution < 1.29 is 14.4 Å². The van der Waals surface area contributed by atoms with E-state index in [2.05, 4.69) is 19.2 Å². The number of rotatable bonds is 11. The molecule has 118 valence electrons. The maximum absolute atomic E-state index is 11.7. The average molecular weight is 294 g/mol. The van der Waals surface area contributed by atoms with E-state index in [0.29, 0.717) is 31.8 Å². The van der Waals surface area contributed by atoms with Crippen molar-refractivity contribution in [2.45, 2.75) is 58.4 Å². The van der Waals surface area contributed by atoms with Gasteiger partial charge in [0.25, 0.3) is 11.8 Å². The van der Waals surface area contributed by atoms with Crippen LogP contribution in [0.2, 0.25) is 0 Å². The summed E-state index contributed by atoms with van der Waals surface area (Å²) in [5.41, 5.74) is 0. The molecule has 0 aromatic heterocycles. The number of imide groups is 1. The molecule has 1 rings (SSSR count). The van der Waals surface area contributed by atoms with Crippen LogP contribution in [0.3, 0.4) is 0 Å². The highest BCUT2D eigenvalue weighted by atomic mass is 16.2. The molecule has 2 amide bonds. The van der Waals surface area contributed by atoms with E-state index in [4.69, 9.17) is 0 Å². The number of Topliss-reactive ketones (excluding diaryl/α,β-unsaturated/α-hetero) is 1. The summed E-state index contributed by atoms with van der Waals surface area (Å²) in [7, 11) is 0. The highest BCUT2D eigenvalue weighted by Crippen LogP contribution is 2.08. The van der Waals surface area contributed by atoms with Gasteiger partial charge in [-0.1, -0.05) is 20.3 Å². The molecule has 0 saturated heterocycles. The smallest absolute Gasteiger partial charge is 0.253 e. The zero-order valence-corrected chi connectivity index (χ0v) is 13.1. The highest BCUT2D eigenvalue weighted by Gasteiger charge is 2.22. The normalized spacial score (nSPS) is 14.5. The van der Waals surface area contributed by atoms with Crippen molar-refractivity contribution in [2.75, 3.05) is 13.1 Å². The Morgan fingerprint density at radius 2 is 1.67 bits per heavy atom. The van der Waals surface area contributed by atoms with E-state index in [1.165, 1.54) is 17.1 Å². The first kappa shape index (κ1) is 17.6. The maximum atomic E-state index is 11.7. The number of hydrogen-bond acceptors (Lipinski definition) is 4. The number of carbonyl (C=O) groups is 3. The Kier molecular flexibility index (Phi) is 7.90. The third-order valence-electron chi connectivity index (χ3n) is 3.42. The van der Waals surface area contributed by atoms with Gasteiger partial charge in [0.15, 0.2) is 0 Å². The van der Waals surface area contributed by atoms with Gasteiger partial charge in [0, 0.05) is 37.6 Å². The monoisotopic (exact) mass is 294 g/mol. The molecule has 0 spiro atoms. The number of nitrogens with zero attached hydrogens (tertiary/aromatic N) is 1. The van der Waals surface area contributed by atoms with Gasteiger partial charge in [-0.25, -0.2) is 0 Å². The Morgan fingerprint density at radius 1 is 1.05 bits per heavy atom. The Bertz CT molecular complexity index is 384. The Morgan fingerprint density at radius 3 is 2.29 bits per heavy atom. The molecule has 0 unspecified atom stereocenters. The van der Waals surface area contributed by atoms with Crippen molar-refractivity contribution in [2.24, 2.45) is 0 Å². The summed E-state index contributed by atoms with van der Waals surface area (Å²) in [6.07, 6.45) is 7.22. The lowest BCUT2D eigenvalue weighted by Gasteiger charge is -2.12. The Hall–Kier alpha value is -1.49. The third-order valence-corrected chi connectivity index (χ3v) is 3.42. The summed E-state index contributed by atoms with van der Waals surface area (Å²) in [5, 5.41) is 3.35. The Labute approximate surface area is 126 Å². The molecule has 0 aliphatic carbocycles. The second kappa shape index (κ2) is 9.45. The topological polar surface area (TPSA) is 66.5 Å². The number of unbranched alkanes of at least 4 members (excludes halogenated alkanes) is 2. The van der Waals surface area contributed by atoms with Crippen molar-refractivity contribution in [1.82, 2.24) is 10.2 Å². The van der Waals surface area contributed by atoms with Crippen LogP contribution in [0.15, 0.2) is 12.2 Å². The first-order valence-electron chi connectivity index (χ1n) is 7.79. The van der Waals surface area contributed by atoms with Crippen molar-refractivity contribution in [3.05, 3.63) is 12.2 Å². The van der Waals surface area contributed by atoms with Crippen LogP contribution in [0.5, 0.6) is 0 Å². The SMILES string of the molecule is CC(C)NCCCCCC(=O)CCCN1C(=O)C=CC1=O. The predicted molar refractivity (Wildman–Crippen MR) is 81.7 cm³/mol. The number of amides is 2. The predicted octanol–water partition coefficient (Wildman–Crippen LogP) is 1.82. The van der Waals surface area contributed by atoms with Crippen LogP contribution in [-0.2, 0) is 14.4 Å². The molecule has 0 atom stereocenters. The van der Waals surface area contributed by atoms with E-state index >= 15 is 0 Å². The van der Waals surface area contributed by atoms with Crippen molar-refractivity contribution in [1.29, 1.82) is 0 Å². The summed E-state index contributed by atoms with van der Waals surface area (Å²) >= 11 is 0. The van der Waals surface area contributed by atoms with Gasteiger partial charge in [0.05, 0.1) is 0 Å². The number of hydrogen-bond donors (Lipinski definition) is 1. The fourth-order valence-corrected chi connectivity index (χ4v) is 2.23. The second-order valence-corrected chi connectivity index (χ2v) is 5.72. The molecular formula is C16H26N2O3. The lowest BCUT2D eigenvalue weighted by atomic mass is 10.1. The molecule has 1 N–H and O–H groups in total. The lowest BCUT2D eigenvalue weighted by Crippen LogP contribution is -2.31. The van der Waals surface area contributed by atoms with Crippen LogP contribution in [0.4, 0.5) is 0 Å². The minimum atomic E-state index is -0.273. The van der Waals surface area contributed by atoms with E-state index < -0.39 is 0 Å². The molecule has 0 radical (unpaired) electrons. The largest absolute Gasteiger partial charge is 0.315 e. The third kappa shape index (κ3) is 7.18. The number of nitrogens with one attached hydrogen (secondary N) is 1. The van der Waals surface area contributed by atoms with Crippen LogP contribution in [0.25, 0.3) is 0 Å². The molecule has 0 saturated carbocycles. The molecule has 0 fully saturated rings. The molecule has 0 aromatic carbocycles. The van der Waals surface area contributed by atoms with E-state index in [9.17, 15) is 14.4 Å². The van der Waals surface area contributed by atoms with Gasteiger partial charge in [0.2, 0.25) is 0 Å². The van der Waals surface area contributed by atoms with Gasteiger partial charge in [-0.05, 0) is 25.8 Å².